The lowest BCUT2D eigenvalue weighted by atomic mass is 10.4. The molecule has 1 aromatic rings. The molecule has 0 bridgehead atoms. The van der Waals surface area contributed by atoms with E-state index in [4.69, 9.17) is 0 Å². The van der Waals surface area contributed by atoms with Crippen LogP contribution in [0.1, 0.15) is 6.42 Å². The number of nitrogens with one attached hydrogen (secondary N) is 1. The van der Waals surface area contributed by atoms with Gasteiger partial charge >= 0.3 is 11.4 Å². The third-order valence-corrected chi connectivity index (χ3v) is 2.54. The van der Waals surface area contributed by atoms with E-state index in [1.807, 2.05) is 14.1 Å². The second-order valence-electron chi connectivity index (χ2n) is 4.45. The summed E-state index contributed by atoms with van der Waals surface area (Å²) in [5.74, 6) is 0. The van der Waals surface area contributed by atoms with E-state index < -0.39 is 10.6 Å². The molecule has 0 atom stereocenters. The largest absolute Gasteiger partial charge is 0.348 e. The van der Waals surface area contributed by atoms with Crippen molar-refractivity contribution in [2.75, 3.05) is 33.7 Å². The van der Waals surface area contributed by atoms with Gasteiger partial charge in [-0.1, -0.05) is 0 Å². The highest BCUT2D eigenvalue weighted by Crippen LogP contribution is 2.03. The van der Waals surface area contributed by atoms with E-state index >= 15 is 0 Å². The summed E-state index contributed by atoms with van der Waals surface area (Å²) in [4.78, 5) is 27.0. The Balaban J connectivity index is 2.38. The van der Waals surface area contributed by atoms with Gasteiger partial charge in [0.05, 0.1) is 11.1 Å². The molecule has 19 heavy (non-hydrogen) atoms. The second kappa shape index (κ2) is 7.59. The van der Waals surface area contributed by atoms with E-state index in [1.165, 1.54) is 10.8 Å². The number of nitrogens with zero attached hydrogens (tertiary/aromatic N) is 4. The van der Waals surface area contributed by atoms with Gasteiger partial charge in [-0.15, -0.1) is 0 Å². The Labute approximate surface area is 111 Å². The van der Waals surface area contributed by atoms with Crippen LogP contribution in [-0.4, -0.2) is 53.1 Å². The summed E-state index contributed by atoms with van der Waals surface area (Å²) < 4.78 is 1.25. The summed E-state index contributed by atoms with van der Waals surface area (Å²) in [7, 11) is 4.02. The highest BCUT2D eigenvalue weighted by atomic mass is 16.6. The van der Waals surface area contributed by atoms with Crippen LogP contribution in [0.25, 0.3) is 0 Å². The maximum atomic E-state index is 11.4. The standard InChI is InChI=1S/C11H19N5O3/c1-14(2)6-3-4-12-5-7-15-9-10(16(18)19)8-13-11(15)17/h8-9,12H,3-7H2,1-2H3. The van der Waals surface area contributed by atoms with Gasteiger partial charge in [0, 0.05) is 13.1 Å². The van der Waals surface area contributed by atoms with Crippen LogP contribution in [0.3, 0.4) is 0 Å². The fourth-order valence-electron chi connectivity index (χ4n) is 1.54. The van der Waals surface area contributed by atoms with Crippen molar-refractivity contribution in [1.29, 1.82) is 0 Å². The van der Waals surface area contributed by atoms with Gasteiger partial charge in [-0.05, 0) is 33.6 Å². The molecule has 8 heteroatoms. The average Bonchev–Trinajstić information content (AvgIpc) is 2.34. The highest BCUT2D eigenvalue weighted by Gasteiger charge is 2.08. The molecule has 106 valence electrons. The van der Waals surface area contributed by atoms with E-state index in [-0.39, 0.29) is 5.69 Å². The maximum absolute atomic E-state index is 11.4. The molecule has 0 unspecified atom stereocenters. The van der Waals surface area contributed by atoms with Gasteiger partial charge in [0.15, 0.2) is 0 Å². The Bertz CT molecular complexity index is 472. The zero-order valence-electron chi connectivity index (χ0n) is 11.2. The maximum Gasteiger partial charge on any atom is 0.348 e. The van der Waals surface area contributed by atoms with Crippen LogP contribution in [0.2, 0.25) is 0 Å². The SMILES string of the molecule is CN(C)CCCNCCn1cc([N+](=O)[O-])cnc1=O. The fourth-order valence-corrected chi connectivity index (χ4v) is 1.54. The van der Waals surface area contributed by atoms with E-state index in [9.17, 15) is 14.9 Å². The van der Waals surface area contributed by atoms with Gasteiger partial charge in [-0.3, -0.25) is 14.7 Å². The molecule has 0 aliphatic carbocycles. The third-order valence-electron chi connectivity index (χ3n) is 2.54. The molecule has 0 aromatic carbocycles. The quantitative estimate of drug-likeness (QED) is 0.395. The van der Waals surface area contributed by atoms with Gasteiger partial charge in [0.1, 0.15) is 6.20 Å². The van der Waals surface area contributed by atoms with Crippen molar-refractivity contribution in [2.24, 2.45) is 0 Å². The van der Waals surface area contributed by atoms with Gasteiger partial charge in [0.2, 0.25) is 0 Å². The molecule has 1 N–H and O–H groups in total. The van der Waals surface area contributed by atoms with Crippen molar-refractivity contribution in [3.63, 3.8) is 0 Å². The highest BCUT2D eigenvalue weighted by molar-refractivity contribution is 5.20. The number of nitro groups is 1. The zero-order valence-corrected chi connectivity index (χ0v) is 11.2. The summed E-state index contributed by atoms with van der Waals surface area (Å²) >= 11 is 0. The molecule has 0 amide bonds. The van der Waals surface area contributed by atoms with E-state index in [0.29, 0.717) is 13.1 Å². The third kappa shape index (κ3) is 5.58. The summed E-state index contributed by atoms with van der Waals surface area (Å²) in [6, 6.07) is 0. The van der Waals surface area contributed by atoms with Crippen molar-refractivity contribution < 1.29 is 4.92 Å². The molecule has 0 spiro atoms. The lowest BCUT2D eigenvalue weighted by Crippen LogP contribution is -2.29. The zero-order chi connectivity index (χ0) is 14.3. The molecular weight excluding hydrogens is 250 g/mol. The first-order valence-electron chi connectivity index (χ1n) is 6.07. The van der Waals surface area contributed by atoms with Crippen LogP contribution >= 0.6 is 0 Å². The summed E-state index contributed by atoms with van der Waals surface area (Å²) in [6.07, 6.45) is 3.20. The molecule has 0 radical (unpaired) electrons. The molecule has 0 fully saturated rings. The molecular formula is C11H19N5O3. The molecule has 0 saturated carbocycles. The number of rotatable bonds is 8. The van der Waals surface area contributed by atoms with Crippen LogP contribution in [-0.2, 0) is 6.54 Å². The van der Waals surface area contributed by atoms with Crippen molar-refractivity contribution >= 4 is 5.69 Å². The van der Waals surface area contributed by atoms with Crippen molar-refractivity contribution in [3.05, 3.63) is 33.0 Å². The normalized spacial score (nSPS) is 10.9. The first-order valence-corrected chi connectivity index (χ1v) is 6.07. The minimum atomic E-state index is -0.562. The Kier molecular flexibility index (Phi) is 6.10. The smallest absolute Gasteiger partial charge is 0.315 e. The van der Waals surface area contributed by atoms with Crippen LogP contribution in [0, 0.1) is 10.1 Å². The second-order valence-corrected chi connectivity index (χ2v) is 4.45. The Morgan fingerprint density at radius 1 is 1.47 bits per heavy atom. The molecule has 8 nitrogen and oxygen atoms in total. The van der Waals surface area contributed by atoms with Crippen molar-refractivity contribution in [1.82, 2.24) is 19.8 Å². The van der Waals surface area contributed by atoms with Crippen LogP contribution in [0.4, 0.5) is 5.69 Å². The van der Waals surface area contributed by atoms with E-state index in [2.05, 4.69) is 15.2 Å². The Morgan fingerprint density at radius 2 is 2.21 bits per heavy atom. The van der Waals surface area contributed by atoms with Crippen LogP contribution in [0.15, 0.2) is 17.2 Å². The molecule has 0 aliphatic rings. The van der Waals surface area contributed by atoms with Crippen molar-refractivity contribution in [2.45, 2.75) is 13.0 Å². The van der Waals surface area contributed by atoms with Gasteiger partial charge in [-0.2, -0.15) is 4.98 Å². The first-order chi connectivity index (χ1) is 9.00. The lowest BCUT2D eigenvalue weighted by molar-refractivity contribution is -0.385. The summed E-state index contributed by atoms with van der Waals surface area (Å²) in [5, 5.41) is 13.8. The summed E-state index contributed by atoms with van der Waals surface area (Å²) in [6.45, 7) is 2.78. The molecule has 1 aromatic heterocycles. The number of aromatic nitrogens is 2. The van der Waals surface area contributed by atoms with Crippen LogP contribution < -0.4 is 11.0 Å². The summed E-state index contributed by atoms with van der Waals surface area (Å²) in [5.41, 5.74) is -0.645. The van der Waals surface area contributed by atoms with Gasteiger partial charge < -0.3 is 10.2 Å². The van der Waals surface area contributed by atoms with Gasteiger partial charge in [-0.25, -0.2) is 4.79 Å². The predicted octanol–water partition coefficient (Wildman–Crippen LogP) is -0.307. The molecule has 0 aliphatic heterocycles. The molecule has 1 rings (SSSR count). The monoisotopic (exact) mass is 269 g/mol. The number of hydrogen-bond donors (Lipinski definition) is 1. The topological polar surface area (TPSA) is 93.3 Å². The van der Waals surface area contributed by atoms with E-state index in [1.54, 1.807) is 0 Å². The fraction of sp³-hybridized carbons (Fsp3) is 0.636. The van der Waals surface area contributed by atoms with Crippen LogP contribution in [0.5, 0.6) is 0 Å². The molecule has 0 saturated heterocycles. The van der Waals surface area contributed by atoms with Crippen molar-refractivity contribution in [3.8, 4) is 0 Å². The average molecular weight is 269 g/mol. The minimum Gasteiger partial charge on any atom is -0.315 e. The minimum absolute atomic E-state index is 0.174. The lowest BCUT2D eigenvalue weighted by Gasteiger charge is -2.10. The van der Waals surface area contributed by atoms with E-state index in [0.717, 1.165) is 25.7 Å². The first kappa shape index (κ1) is 15.3. The Hall–Kier alpha value is -1.80. The number of hydrogen-bond acceptors (Lipinski definition) is 6. The van der Waals surface area contributed by atoms with Gasteiger partial charge in [0.25, 0.3) is 0 Å². The molecule has 1 heterocycles. The Morgan fingerprint density at radius 3 is 2.84 bits per heavy atom. The predicted molar refractivity (Wildman–Crippen MR) is 71.2 cm³/mol.